The standard InChI is InChI=1S/C10H15N3O/c11-7-9(13-10(12)14)6-8-4-2-1-3-5-8/h1-5,9H,6-7,11H2,(H3,12,13,14). The lowest BCUT2D eigenvalue weighted by Gasteiger charge is -2.14. The highest BCUT2D eigenvalue weighted by molar-refractivity contribution is 5.72. The van der Waals surface area contributed by atoms with Crippen molar-refractivity contribution in [3.05, 3.63) is 35.9 Å². The third-order valence-electron chi connectivity index (χ3n) is 1.96. The molecule has 14 heavy (non-hydrogen) atoms. The van der Waals surface area contributed by atoms with Crippen LogP contribution in [-0.4, -0.2) is 18.6 Å². The fourth-order valence-electron chi connectivity index (χ4n) is 1.29. The minimum atomic E-state index is -0.531. The van der Waals surface area contributed by atoms with Crippen LogP contribution in [0.2, 0.25) is 0 Å². The van der Waals surface area contributed by atoms with Gasteiger partial charge in [0.2, 0.25) is 0 Å². The van der Waals surface area contributed by atoms with E-state index in [2.05, 4.69) is 5.32 Å². The Kier molecular flexibility index (Phi) is 3.94. The first-order valence-corrected chi connectivity index (χ1v) is 4.52. The second-order valence-electron chi connectivity index (χ2n) is 3.13. The van der Waals surface area contributed by atoms with Crippen molar-refractivity contribution in [1.82, 2.24) is 5.32 Å². The quantitative estimate of drug-likeness (QED) is 0.639. The number of hydrogen-bond donors (Lipinski definition) is 3. The molecule has 76 valence electrons. The highest BCUT2D eigenvalue weighted by Crippen LogP contribution is 2.01. The zero-order valence-corrected chi connectivity index (χ0v) is 7.94. The molecule has 5 N–H and O–H groups in total. The molecule has 0 radical (unpaired) electrons. The van der Waals surface area contributed by atoms with Gasteiger partial charge in [0, 0.05) is 12.6 Å². The fourth-order valence-corrected chi connectivity index (χ4v) is 1.29. The Labute approximate surface area is 83.3 Å². The molecule has 0 saturated carbocycles. The van der Waals surface area contributed by atoms with Gasteiger partial charge in [-0.25, -0.2) is 4.79 Å². The number of urea groups is 1. The van der Waals surface area contributed by atoms with Gasteiger partial charge in [-0.05, 0) is 12.0 Å². The van der Waals surface area contributed by atoms with Crippen molar-refractivity contribution in [3.63, 3.8) is 0 Å². The summed E-state index contributed by atoms with van der Waals surface area (Å²) in [4.78, 5) is 10.6. The first-order chi connectivity index (χ1) is 6.72. The van der Waals surface area contributed by atoms with Crippen molar-refractivity contribution < 1.29 is 4.79 Å². The average molecular weight is 193 g/mol. The van der Waals surface area contributed by atoms with Gasteiger partial charge < -0.3 is 16.8 Å². The molecule has 4 heteroatoms. The predicted octanol–water partition coefficient (Wildman–Crippen LogP) is 0.225. The number of carbonyl (C=O) groups excluding carboxylic acids is 1. The maximum Gasteiger partial charge on any atom is 0.312 e. The Hall–Kier alpha value is -1.55. The summed E-state index contributed by atoms with van der Waals surface area (Å²) >= 11 is 0. The van der Waals surface area contributed by atoms with Gasteiger partial charge in [0.1, 0.15) is 0 Å². The van der Waals surface area contributed by atoms with Crippen LogP contribution in [0.3, 0.4) is 0 Å². The number of benzene rings is 1. The Morgan fingerprint density at radius 1 is 1.36 bits per heavy atom. The second kappa shape index (κ2) is 5.24. The molecule has 1 aromatic rings. The molecule has 0 fully saturated rings. The highest BCUT2D eigenvalue weighted by atomic mass is 16.2. The van der Waals surface area contributed by atoms with E-state index in [0.29, 0.717) is 13.0 Å². The summed E-state index contributed by atoms with van der Waals surface area (Å²) in [6.07, 6.45) is 0.709. The van der Waals surface area contributed by atoms with Crippen molar-refractivity contribution >= 4 is 6.03 Å². The topological polar surface area (TPSA) is 81.1 Å². The fraction of sp³-hybridized carbons (Fsp3) is 0.300. The van der Waals surface area contributed by atoms with E-state index in [1.807, 2.05) is 30.3 Å². The van der Waals surface area contributed by atoms with Gasteiger partial charge >= 0.3 is 6.03 Å². The Morgan fingerprint density at radius 3 is 2.50 bits per heavy atom. The highest BCUT2D eigenvalue weighted by Gasteiger charge is 2.08. The van der Waals surface area contributed by atoms with Crippen molar-refractivity contribution in [2.24, 2.45) is 11.5 Å². The van der Waals surface area contributed by atoms with Crippen LogP contribution < -0.4 is 16.8 Å². The van der Waals surface area contributed by atoms with Gasteiger partial charge in [-0.2, -0.15) is 0 Å². The Bertz CT molecular complexity index is 287. The molecule has 2 amide bonds. The molecule has 4 nitrogen and oxygen atoms in total. The minimum absolute atomic E-state index is 0.0881. The number of hydrogen-bond acceptors (Lipinski definition) is 2. The van der Waals surface area contributed by atoms with E-state index in [0.717, 1.165) is 5.56 Å². The van der Waals surface area contributed by atoms with Gasteiger partial charge in [0.05, 0.1) is 0 Å². The van der Waals surface area contributed by atoms with Crippen molar-refractivity contribution in [2.75, 3.05) is 6.54 Å². The van der Waals surface area contributed by atoms with Crippen LogP contribution in [-0.2, 0) is 6.42 Å². The molecule has 1 aromatic carbocycles. The summed E-state index contributed by atoms with van der Waals surface area (Å²) < 4.78 is 0. The summed E-state index contributed by atoms with van der Waals surface area (Å²) in [6, 6.07) is 9.21. The number of primary amides is 1. The molecule has 0 saturated heterocycles. The zero-order valence-electron chi connectivity index (χ0n) is 7.94. The number of amides is 2. The molecule has 1 rings (SSSR count). The van der Waals surface area contributed by atoms with Gasteiger partial charge in [-0.15, -0.1) is 0 Å². The zero-order chi connectivity index (χ0) is 10.4. The predicted molar refractivity (Wildman–Crippen MR) is 55.7 cm³/mol. The summed E-state index contributed by atoms with van der Waals surface area (Å²) in [5.74, 6) is 0. The van der Waals surface area contributed by atoms with E-state index in [4.69, 9.17) is 11.5 Å². The lowest BCUT2D eigenvalue weighted by molar-refractivity contribution is 0.245. The van der Waals surface area contributed by atoms with Crippen molar-refractivity contribution in [2.45, 2.75) is 12.5 Å². The first kappa shape index (κ1) is 10.5. The Morgan fingerprint density at radius 2 is 2.00 bits per heavy atom. The van der Waals surface area contributed by atoms with E-state index >= 15 is 0 Å². The maximum absolute atomic E-state index is 10.6. The van der Waals surface area contributed by atoms with Crippen LogP contribution in [0.15, 0.2) is 30.3 Å². The SMILES string of the molecule is NCC(Cc1ccccc1)NC(N)=O. The minimum Gasteiger partial charge on any atom is -0.352 e. The second-order valence-corrected chi connectivity index (χ2v) is 3.13. The molecule has 0 heterocycles. The van der Waals surface area contributed by atoms with E-state index in [-0.39, 0.29) is 6.04 Å². The number of nitrogens with two attached hydrogens (primary N) is 2. The first-order valence-electron chi connectivity index (χ1n) is 4.52. The van der Waals surface area contributed by atoms with E-state index < -0.39 is 6.03 Å². The molecule has 0 aliphatic rings. The largest absolute Gasteiger partial charge is 0.352 e. The molecule has 0 aliphatic carbocycles. The van der Waals surface area contributed by atoms with E-state index in [1.165, 1.54) is 0 Å². The molecule has 0 aliphatic heterocycles. The molecular formula is C10H15N3O. The van der Waals surface area contributed by atoms with Crippen LogP contribution in [0, 0.1) is 0 Å². The van der Waals surface area contributed by atoms with E-state index in [9.17, 15) is 4.79 Å². The summed E-state index contributed by atoms with van der Waals surface area (Å²) in [5, 5.41) is 2.59. The van der Waals surface area contributed by atoms with Gasteiger partial charge in [0.15, 0.2) is 0 Å². The lowest BCUT2D eigenvalue weighted by atomic mass is 10.1. The van der Waals surface area contributed by atoms with Crippen LogP contribution in [0.5, 0.6) is 0 Å². The number of carbonyl (C=O) groups is 1. The van der Waals surface area contributed by atoms with Crippen LogP contribution >= 0.6 is 0 Å². The number of rotatable bonds is 4. The molecule has 0 spiro atoms. The molecular weight excluding hydrogens is 178 g/mol. The van der Waals surface area contributed by atoms with Crippen LogP contribution in [0.4, 0.5) is 4.79 Å². The normalized spacial score (nSPS) is 12.1. The van der Waals surface area contributed by atoms with Gasteiger partial charge in [-0.3, -0.25) is 0 Å². The van der Waals surface area contributed by atoms with Gasteiger partial charge in [0.25, 0.3) is 0 Å². The molecule has 1 atom stereocenters. The van der Waals surface area contributed by atoms with E-state index in [1.54, 1.807) is 0 Å². The summed E-state index contributed by atoms with van der Waals surface area (Å²) in [7, 11) is 0. The molecule has 0 bridgehead atoms. The van der Waals surface area contributed by atoms with Gasteiger partial charge in [-0.1, -0.05) is 30.3 Å². The van der Waals surface area contributed by atoms with Crippen LogP contribution in [0.25, 0.3) is 0 Å². The van der Waals surface area contributed by atoms with Crippen molar-refractivity contribution in [1.29, 1.82) is 0 Å². The number of nitrogens with one attached hydrogen (secondary N) is 1. The third kappa shape index (κ3) is 3.45. The summed E-state index contributed by atoms with van der Waals surface area (Å²) in [5.41, 5.74) is 11.7. The lowest BCUT2D eigenvalue weighted by Crippen LogP contribution is -2.44. The maximum atomic E-state index is 10.6. The monoisotopic (exact) mass is 193 g/mol. The molecule has 1 unspecified atom stereocenters. The van der Waals surface area contributed by atoms with Crippen molar-refractivity contribution in [3.8, 4) is 0 Å². The smallest absolute Gasteiger partial charge is 0.312 e. The summed E-state index contributed by atoms with van der Waals surface area (Å²) in [6.45, 7) is 0.387. The third-order valence-corrected chi connectivity index (χ3v) is 1.96. The Balaban J connectivity index is 2.53. The molecule has 0 aromatic heterocycles. The van der Waals surface area contributed by atoms with Crippen LogP contribution in [0.1, 0.15) is 5.56 Å². The average Bonchev–Trinajstić information content (AvgIpc) is 2.17.